The molecule has 1 heterocycles. The molecule has 2 aromatic rings. The maximum Gasteiger partial charge on any atom is 0.343 e. The van der Waals surface area contributed by atoms with E-state index in [0.717, 1.165) is 16.9 Å². The largest absolute Gasteiger partial charge is 0.462 e. The molecule has 5 heteroatoms. The Morgan fingerprint density at radius 1 is 1.21 bits per heavy atom. The summed E-state index contributed by atoms with van der Waals surface area (Å²) in [5.41, 5.74) is 2.79. The number of Topliss-reactive ketones (excluding diaryl/α,β-unsaturated/α-hetero) is 1. The fourth-order valence-electron chi connectivity index (χ4n) is 2.04. The van der Waals surface area contributed by atoms with Gasteiger partial charge in [-0.1, -0.05) is 18.2 Å². The summed E-state index contributed by atoms with van der Waals surface area (Å²) in [5, 5.41) is 2.96. The highest BCUT2D eigenvalue weighted by Gasteiger charge is 2.22. The Bertz CT molecular complexity index is 767. The molecule has 24 heavy (non-hydrogen) atoms. The van der Waals surface area contributed by atoms with Gasteiger partial charge in [0.2, 0.25) is 5.78 Å². The SMILES string of the molecule is CCOC(=O)/C(=C/Nc1ccccc1)C(=O)c1cnc(C)c(C)c1. The Morgan fingerprint density at radius 3 is 2.54 bits per heavy atom. The first-order chi connectivity index (χ1) is 11.5. The molecule has 0 atom stereocenters. The van der Waals surface area contributed by atoms with Crippen LogP contribution in [-0.4, -0.2) is 23.3 Å². The molecule has 0 spiro atoms. The maximum absolute atomic E-state index is 12.7. The van der Waals surface area contributed by atoms with Crippen LogP contribution in [0.3, 0.4) is 0 Å². The predicted octanol–water partition coefficient (Wildman–Crippen LogP) is 3.44. The Morgan fingerprint density at radius 2 is 1.92 bits per heavy atom. The number of esters is 1. The quantitative estimate of drug-likeness (QED) is 0.290. The van der Waals surface area contributed by atoms with E-state index < -0.39 is 11.8 Å². The van der Waals surface area contributed by atoms with E-state index in [4.69, 9.17) is 4.74 Å². The van der Waals surface area contributed by atoms with Gasteiger partial charge in [0.05, 0.1) is 6.61 Å². The number of carbonyl (C=O) groups is 2. The molecule has 0 saturated heterocycles. The Labute approximate surface area is 141 Å². The number of aryl methyl sites for hydroxylation is 2. The van der Waals surface area contributed by atoms with E-state index in [1.165, 1.54) is 12.4 Å². The number of aromatic nitrogens is 1. The fraction of sp³-hybridized carbons (Fsp3) is 0.211. The molecule has 0 saturated carbocycles. The zero-order chi connectivity index (χ0) is 17.5. The van der Waals surface area contributed by atoms with Crippen molar-refractivity contribution in [3.05, 3.63) is 71.2 Å². The molecule has 0 unspecified atom stereocenters. The van der Waals surface area contributed by atoms with Crippen molar-refractivity contribution in [1.29, 1.82) is 0 Å². The zero-order valence-electron chi connectivity index (χ0n) is 14.0. The van der Waals surface area contributed by atoms with Crippen LogP contribution in [0.4, 0.5) is 5.69 Å². The monoisotopic (exact) mass is 324 g/mol. The Balaban J connectivity index is 2.32. The second kappa shape index (κ2) is 8.06. The van der Waals surface area contributed by atoms with Gasteiger partial charge in [-0.25, -0.2) is 4.79 Å². The van der Waals surface area contributed by atoms with Gasteiger partial charge < -0.3 is 10.1 Å². The third-order valence-electron chi connectivity index (χ3n) is 3.50. The zero-order valence-corrected chi connectivity index (χ0v) is 14.0. The normalized spacial score (nSPS) is 11.0. The maximum atomic E-state index is 12.7. The van der Waals surface area contributed by atoms with E-state index in [9.17, 15) is 9.59 Å². The number of nitrogens with zero attached hydrogens (tertiary/aromatic N) is 1. The summed E-state index contributed by atoms with van der Waals surface area (Å²) in [4.78, 5) is 29.0. The predicted molar refractivity (Wildman–Crippen MR) is 92.8 cm³/mol. The highest BCUT2D eigenvalue weighted by Crippen LogP contribution is 2.14. The van der Waals surface area contributed by atoms with Gasteiger partial charge in [0, 0.05) is 29.3 Å². The number of benzene rings is 1. The molecular formula is C19H20N2O3. The van der Waals surface area contributed by atoms with Crippen LogP contribution in [0.1, 0.15) is 28.5 Å². The van der Waals surface area contributed by atoms with Gasteiger partial charge >= 0.3 is 5.97 Å². The van der Waals surface area contributed by atoms with E-state index in [2.05, 4.69) is 10.3 Å². The number of nitrogens with one attached hydrogen (secondary N) is 1. The number of hydrogen-bond acceptors (Lipinski definition) is 5. The van der Waals surface area contributed by atoms with Gasteiger partial charge in [0.1, 0.15) is 5.57 Å². The minimum absolute atomic E-state index is 0.0641. The molecule has 0 radical (unpaired) electrons. The average Bonchev–Trinajstić information content (AvgIpc) is 2.58. The number of carbonyl (C=O) groups excluding carboxylic acids is 2. The standard InChI is InChI=1S/C19H20N2O3/c1-4-24-19(23)17(12-21-16-8-6-5-7-9-16)18(22)15-10-13(2)14(3)20-11-15/h5-12,21H,4H2,1-3H3/b17-12+. The van der Waals surface area contributed by atoms with Crippen LogP contribution in [0.5, 0.6) is 0 Å². The first-order valence-electron chi connectivity index (χ1n) is 7.69. The van der Waals surface area contributed by atoms with E-state index in [1.807, 2.05) is 44.2 Å². The molecule has 0 fully saturated rings. The Kier molecular flexibility index (Phi) is 5.84. The minimum atomic E-state index is -0.663. The summed E-state index contributed by atoms with van der Waals surface area (Å²) in [6.07, 6.45) is 2.85. The summed E-state index contributed by atoms with van der Waals surface area (Å²) in [7, 11) is 0. The van der Waals surface area contributed by atoms with Gasteiger partial charge in [-0.05, 0) is 44.5 Å². The lowest BCUT2D eigenvalue weighted by Crippen LogP contribution is -2.18. The number of pyridine rings is 1. The molecule has 0 bridgehead atoms. The summed E-state index contributed by atoms with van der Waals surface area (Å²) >= 11 is 0. The van der Waals surface area contributed by atoms with Crippen molar-refractivity contribution in [1.82, 2.24) is 4.98 Å². The summed E-state index contributed by atoms with van der Waals surface area (Å²) in [6, 6.07) is 11.0. The highest BCUT2D eigenvalue weighted by molar-refractivity contribution is 6.24. The first kappa shape index (κ1) is 17.4. The highest BCUT2D eigenvalue weighted by atomic mass is 16.5. The molecule has 0 amide bonds. The van der Waals surface area contributed by atoms with Crippen molar-refractivity contribution in [2.45, 2.75) is 20.8 Å². The molecule has 1 N–H and O–H groups in total. The summed E-state index contributed by atoms with van der Waals surface area (Å²) in [6.45, 7) is 5.62. The van der Waals surface area contributed by atoms with Crippen molar-refractivity contribution >= 4 is 17.4 Å². The number of para-hydroxylation sites is 1. The molecule has 2 rings (SSSR count). The van der Waals surface area contributed by atoms with E-state index in [1.54, 1.807) is 13.0 Å². The smallest absolute Gasteiger partial charge is 0.343 e. The lowest BCUT2D eigenvalue weighted by Gasteiger charge is -2.09. The van der Waals surface area contributed by atoms with Crippen molar-refractivity contribution in [3.8, 4) is 0 Å². The van der Waals surface area contributed by atoms with Crippen molar-refractivity contribution in [2.75, 3.05) is 11.9 Å². The van der Waals surface area contributed by atoms with Crippen LogP contribution in [0.15, 0.2) is 54.4 Å². The molecule has 0 aliphatic rings. The van der Waals surface area contributed by atoms with Gasteiger partial charge in [-0.15, -0.1) is 0 Å². The van der Waals surface area contributed by atoms with Crippen molar-refractivity contribution in [3.63, 3.8) is 0 Å². The number of rotatable bonds is 6. The van der Waals surface area contributed by atoms with Crippen LogP contribution in [0, 0.1) is 13.8 Å². The molecule has 0 aliphatic heterocycles. The van der Waals surface area contributed by atoms with E-state index >= 15 is 0 Å². The lowest BCUT2D eigenvalue weighted by molar-refractivity contribution is -0.138. The van der Waals surface area contributed by atoms with Crippen LogP contribution < -0.4 is 5.32 Å². The second-order valence-corrected chi connectivity index (χ2v) is 5.24. The summed E-state index contributed by atoms with van der Waals surface area (Å²) < 4.78 is 5.00. The topological polar surface area (TPSA) is 68.3 Å². The molecular weight excluding hydrogens is 304 g/mol. The molecule has 0 aliphatic carbocycles. The summed E-state index contributed by atoms with van der Waals surface area (Å²) in [5.74, 6) is -1.09. The number of ketones is 1. The van der Waals surface area contributed by atoms with E-state index in [-0.39, 0.29) is 12.2 Å². The first-order valence-corrected chi connectivity index (χ1v) is 7.69. The van der Waals surface area contributed by atoms with Gasteiger partial charge in [-0.2, -0.15) is 0 Å². The number of hydrogen-bond donors (Lipinski definition) is 1. The number of anilines is 1. The van der Waals surface area contributed by atoms with Crippen molar-refractivity contribution in [2.24, 2.45) is 0 Å². The second-order valence-electron chi connectivity index (χ2n) is 5.24. The van der Waals surface area contributed by atoms with Crippen LogP contribution >= 0.6 is 0 Å². The van der Waals surface area contributed by atoms with E-state index in [0.29, 0.717) is 5.56 Å². The fourth-order valence-corrected chi connectivity index (χ4v) is 2.04. The molecule has 5 nitrogen and oxygen atoms in total. The van der Waals surface area contributed by atoms with Gasteiger partial charge in [-0.3, -0.25) is 9.78 Å². The van der Waals surface area contributed by atoms with Crippen molar-refractivity contribution < 1.29 is 14.3 Å². The van der Waals surface area contributed by atoms with Crippen LogP contribution in [-0.2, 0) is 9.53 Å². The third kappa shape index (κ3) is 4.29. The minimum Gasteiger partial charge on any atom is -0.462 e. The molecule has 1 aromatic heterocycles. The van der Waals surface area contributed by atoms with Gasteiger partial charge in [0.15, 0.2) is 0 Å². The third-order valence-corrected chi connectivity index (χ3v) is 3.50. The molecule has 1 aromatic carbocycles. The molecule has 124 valence electrons. The van der Waals surface area contributed by atoms with Crippen LogP contribution in [0.25, 0.3) is 0 Å². The lowest BCUT2D eigenvalue weighted by atomic mass is 10.0. The Hall–Kier alpha value is -2.95. The van der Waals surface area contributed by atoms with Crippen LogP contribution in [0.2, 0.25) is 0 Å². The van der Waals surface area contributed by atoms with Gasteiger partial charge in [0.25, 0.3) is 0 Å². The average molecular weight is 324 g/mol. The number of ether oxygens (including phenoxy) is 1.